The molecule has 1 N–H and O–H groups in total. The maximum Gasteiger partial charge on any atom is 0.214 e. The van der Waals surface area contributed by atoms with Crippen molar-refractivity contribution in [2.24, 2.45) is 0 Å². The third-order valence-corrected chi connectivity index (χ3v) is 2.12. The van der Waals surface area contributed by atoms with E-state index in [-0.39, 0.29) is 11.4 Å². The Kier molecular flexibility index (Phi) is 2.97. The highest BCUT2D eigenvalue weighted by Crippen LogP contribution is 2.18. The van der Waals surface area contributed by atoms with Crippen molar-refractivity contribution in [1.29, 1.82) is 5.26 Å². The molecule has 0 aliphatic heterocycles. The van der Waals surface area contributed by atoms with Crippen molar-refractivity contribution >= 4 is 11.5 Å². The van der Waals surface area contributed by atoms with Gasteiger partial charge in [0, 0.05) is 6.20 Å². The van der Waals surface area contributed by atoms with Crippen LogP contribution in [0.4, 0.5) is 15.9 Å². The highest BCUT2D eigenvalue weighted by Gasteiger charge is 2.06. The van der Waals surface area contributed by atoms with Gasteiger partial charge in [-0.1, -0.05) is 0 Å². The van der Waals surface area contributed by atoms with Gasteiger partial charge in [-0.05, 0) is 30.7 Å². The molecule has 2 heterocycles. The second-order valence-corrected chi connectivity index (χ2v) is 3.52. The molecule has 5 heteroatoms. The predicted octanol–water partition coefficient (Wildman–Crippen LogP) is 2.54. The van der Waals surface area contributed by atoms with Crippen molar-refractivity contribution in [3.05, 3.63) is 47.7 Å². The summed E-state index contributed by atoms with van der Waals surface area (Å²) in [6.45, 7) is 1.89. The van der Waals surface area contributed by atoms with Crippen LogP contribution in [0.5, 0.6) is 0 Å². The Balaban J connectivity index is 2.36. The van der Waals surface area contributed by atoms with E-state index in [0.29, 0.717) is 5.69 Å². The topological polar surface area (TPSA) is 61.6 Å². The number of hydrogen-bond donors (Lipinski definition) is 1. The molecule has 2 aromatic heterocycles. The van der Waals surface area contributed by atoms with Gasteiger partial charge in [-0.2, -0.15) is 9.65 Å². The molecular formula is C12H9FN4. The van der Waals surface area contributed by atoms with Crippen molar-refractivity contribution in [2.75, 3.05) is 5.32 Å². The van der Waals surface area contributed by atoms with Gasteiger partial charge in [0.15, 0.2) is 5.82 Å². The van der Waals surface area contributed by atoms with Gasteiger partial charge in [-0.15, -0.1) is 0 Å². The van der Waals surface area contributed by atoms with Crippen molar-refractivity contribution in [2.45, 2.75) is 6.92 Å². The number of halogens is 1. The van der Waals surface area contributed by atoms with Gasteiger partial charge < -0.3 is 5.32 Å². The fourth-order valence-corrected chi connectivity index (χ4v) is 1.38. The van der Waals surface area contributed by atoms with Crippen molar-refractivity contribution in [3.8, 4) is 6.07 Å². The Morgan fingerprint density at radius 2 is 2.18 bits per heavy atom. The van der Waals surface area contributed by atoms with Crippen LogP contribution >= 0.6 is 0 Å². The van der Waals surface area contributed by atoms with Gasteiger partial charge in [0.1, 0.15) is 6.07 Å². The van der Waals surface area contributed by atoms with E-state index in [1.807, 2.05) is 19.1 Å². The SMILES string of the molecule is Cc1cncc(Nc2nc(F)ccc2C#N)c1. The number of nitriles is 1. The van der Waals surface area contributed by atoms with Crippen LogP contribution < -0.4 is 5.32 Å². The van der Waals surface area contributed by atoms with Crippen LogP contribution in [0.3, 0.4) is 0 Å². The minimum atomic E-state index is -0.632. The summed E-state index contributed by atoms with van der Waals surface area (Å²) in [4.78, 5) is 7.63. The number of hydrogen-bond acceptors (Lipinski definition) is 4. The molecular weight excluding hydrogens is 219 g/mol. The lowest BCUT2D eigenvalue weighted by atomic mass is 10.2. The number of pyridine rings is 2. The molecule has 0 aliphatic carbocycles. The minimum absolute atomic E-state index is 0.194. The number of aryl methyl sites for hydroxylation is 1. The van der Waals surface area contributed by atoms with Crippen LogP contribution in [0.1, 0.15) is 11.1 Å². The first-order chi connectivity index (χ1) is 8.19. The zero-order valence-corrected chi connectivity index (χ0v) is 9.11. The van der Waals surface area contributed by atoms with Gasteiger partial charge in [0.2, 0.25) is 5.95 Å². The van der Waals surface area contributed by atoms with E-state index < -0.39 is 5.95 Å². The molecule has 4 nitrogen and oxygen atoms in total. The van der Waals surface area contributed by atoms with E-state index in [0.717, 1.165) is 11.6 Å². The molecule has 0 saturated carbocycles. The number of nitrogens with zero attached hydrogens (tertiary/aromatic N) is 3. The predicted molar refractivity (Wildman–Crippen MR) is 61.2 cm³/mol. The van der Waals surface area contributed by atoms with Gasteiger partial charge in [0.05, 0.1) is 17.4 Å². The van der Waals surface area contributed by atoms with E-state index in [4.69, 9.17) is 5.26 Å². The maximum atomic E-state index is 13.0. The molecule has 0 saturated heterocycles. The standard InChI is InChI=1S/C12H9FN4/c1-8-4-10(7-15-6-8)16-12-9(5-14)2-3-11(13)17-12/h2-4,6-7H,1H3,(H,16,17). The zero-order chi connectivity index (χ0) is 12.3. The average molecular weight is 228 g/mol. The summed E-state index contributed by atoms with van der Waals surface area (Å²) in [5, 5.41) is 11.7. The summed E-state index contributed by atoms with van der Waals surface area (Å²) in [6, 6.07) is 6.31. The maximum absolute atomic E-state index is 13.0. The van der Waals surface area contributed by atoms with Crippen LogP contribution in [0, 0.1) is 24.2 Å². The number of anilines is 2. The fourth-order valence-electron chi connectivity index (χ4n) is 1.38. The van der Waals surface area contributed by atoms with Crippen LogP contribution in [0.25, 0.3) is 0 Å². The third kappa shape index (κ3) is 2.55. The Bertz CT molecular complexity index is 589. The average Bonchev–Trinajstić information content (AvgIpc) is 2.29. The molecule has 17 heavy (non-hydrogen) atoms. The van der Waals surface area contributed by atoms with Crippen LogP contribution in [0.2, 0.25) is 0 Å². The quantitative estimate of drug-likeness (QED) is 0.802. The highest BCUT2D eigenvalue weighted by atomic mass is 19.1. The van der Waals surface area contributed by atoms with Crippen molar-refractivity contribution in [3.63, 3.8) is 0 Å². The monoisotopic (exact) mass is 228 g/mol. The molecule has 0 bridgehead atoms. The highest BCUT2D eigenvalue weighted by molar-refractivity contribution is 5.62. The molecule has 0 amide bonds. The van der Waals surface area contributed by atoms with E-state index in [1.165, 1.54) is 6.07 Å². The first-order valence-corrected chi connectivity index (χ1v) is 4.94. The number of nitrogens with one attached hydrogen (secondary N) is 1. The van der Waals surface area contributed by atoms with Gasteiger partial charge in [-0.3, -0.25) is 4.98 Å². The summed E-state index contributed by atoms with van der Waals surface area (Å²) in [5.74, 6) is -0.438. The molecule has 0 radical (unpaired) electrons. The lowest BCUT2D eigenvalue weighted by molar-refractivity contribution is 0.585. The molecule has 84 valence electrons. The molecule has 0 spiro atoms. The third-order valence-electron chi connectivity index (χ3n) is 2.12. The van der Waals surface area contributed by atoms with Crippen LogP contribution in [0.15, 0.2) is 30.6 Å². The molecule has 0 fully saturated rings. The van der Waals surface area contributed by atoms with E-state index in [2.05, 4.69) is 15.3 Å². The van der Waals surface area contributed by atoms with Crippen molar-refractivity contribution in [1.82, 2.24) is 9.97 Å². The van der Waals surface area contributed by atoms with E-state index in [1.54, 1.807) is 12.4 Å². The lowest BCUT2D eigenvalue weighted by Gasteiger charge is -2.07. The Labute approximate surface area is 97.8 Å². The van der Waals surface area contributed by atoms with Crippen LogP contribution in [-0.2, 0) is 0 Å². The Morgan fingerprint density at radius 1 is 1.35 bits per heavy atom. The van der Waals surface area contributed by atoms with Gasteiger partial charge in [0.25, 0.3) is 0 Å². The minimum Gasteiger partial charge on any atom is -0.338 e. The van der Waals surface area contributed by atoms with E-state index >= 15 is 0 Å². The summed E-state index contributed by atoms with van der Waals surface area (Å²) < 4.78 is 13.0. The summed E-state index contributed by atoms with van der Waals surface area (Å²) in [5.41, 5.74) is 1.91. The van der Waals surface area contributed by atoms with Gasteiger partial charge >= 0.3 is 0 Å². The molecule has 0 aromatic carbocycles. The number of rotatable bonds is 2. The second-order valence-electron chi connectivity index (χ2n) is 3.52. The first kappa shape index (κ1) is 11.0. The normalized spacial score (nSPS) is 9.71. The summed E-state index contributed by atoms with van der Waals surface area (Å²) in [6.07, 6.45) is 3.29. The summed E-state index contributed by atoms with van der Waals surface area (Å²) >= 11 is 0. The fraction of sp³-hybridized carbons (Fsp3) is 0.0833. The lowest BCUT2D eigenvalue weighted by Crippen LogP contribution is -1.99. The second kappa shape index (κ2) is 4.58. The summed E-state index contributed by atoms with van der Waals surface area (Å²) in [7, 11) is 0. The largest absolute Gasteiger partial charge is 0.338 e. The Hall–Kier alpha value is -2.48. The van der Waals surface area contributed by atoms with Gasteiger partial charge in [-0.25, -0.2) is 4.98 Å². The molecule has 2 aromatic rings. The zero-order valence-electron chi connectivity index (χ0n) is 9.11. The Morgan fingerprint density at radius 3 is 2.88 bits per heavy atom. The van der Waals surface area contributed by atoms with E-state index in [9.17, 15) is 4.39 Å². The molecule has 0 atom stereocenters. The molecule has 0 aliphatic rings. The smallest absolute Gasteiger partial charge is 0.214 e. The molecule has 0 unspecified atom stereocenters. The first-order valence-electron chi connectivity index (χ1n) is 4.94. The molecule has 2 rings (SSSR count). The van der Waals surface area contributed by atoms with Crippen LogP contribution in [-0.4, -0.2) is 9.97 Å². The number of aromatic nitrogens is 2. The van der Waals surface area contributed by atoms with Crippen molar-refractivity contribution < 1.29 is 4.39 Å².